The van der Waals surface area contributed by atoms with Crippen molar-refractivity contribution in [1.82, 2.24) is 10.0 Å². The number of sulfonamides is 1. The number of esters is 1. The lowest BCUT2D eigenvalue weighted by Gasteiger charge is -2.19. The van der Waals surface area contributed by atoms with Gasteiger partial charge in [-0.1, -0.05) is 30.3 Å². The van der Waals surface area contributed by atoms with Gasteiger partial charge in [0.05, 0.1) is 18.6 Å². The molecule has 27 heavy (non-hydrogen) atoms. The highest BCUT2D eigenvalue weighted by molar-refractivity contribution is 7.89. The molecule has 0 saturated heterocycles. The van der Waals surface area contributed by atoms with Crippen molar-refractivity contribution >= 4 is 21.9 Å². The maximum absolute atomic E-state index is 12.5. The maximum Gasteiger partial charge on any atom is 0.308 e. The summed E-state index contributed by atoms with van der Waals surface area (Å²) in [7, 11) is -2.56. The van der Waals surface area contributed by atoms with Crippen LogP contribution in [0.4, 0.5) is 0 Å². The smallest absolute Gasteiger partial charge is 0.308 e. The molecule has 1 aromatic heterocycles. The number of amides is 1. The van der Waals surface area contributed by atoms with E-state index in [9.17, 15) is 18.0 Å². The van der Waals surface area contributed by atoms with Crippen molar-refractivity contribution in [3.05, 3.63) is 53.8 Å². The van der Waals surface area contributed by atoms with Gasteiger partial charge in [-0.15, -0.1) is 0 Å². The average molecular weight is 394 g/mol. The number of ether oxygens (including phenoxy) is 1. The second-order valence-corrected chi connectivity index (χ2v) is 7.82. The molecular formula is C18H22N2O6S. The number of rotatable bonds is 8. The second kappa shape index (κ2) is 8.83. The molecule has 1 aromatic carbocycles. The van der Waals surface area contributed by atoms with Crippen LogP contribution in [-0.4, -0.2) is 33.4 Å². The van der Waals surface area contributed by atoms with Crippen LogP contribution < -0.4 is 10.0 Å². The van der Waals surface area contributed by atoms with E-state index >= 15 is 0 Å². The molecule has 0 aliphatic carbocycles. The molecule has 2 N–H and O–H groups in total. The predicted molar refractivity (Wildman–Crippen MR) is 97.4 cm³/mol. The first-order valence-corrected chi connectivity index (χ1v) is 9.80. The highest BCUT2D eigenvalue weighted by atomic mass is 32.2. The Kier molecular flexibility index (Phi) is 6.75. The molecule has 9 heteroatoms. The van der Waals surface area contributed by atoms with Crippen molar-refractivity contribution in [2.45, 2.75) is 37.5 Å². The lowest BCUT2D eigenvalue weighted by atomic mass is 10.0. The zero-order valence-electron chi connectivity index (χ0n) is 15.3. The second-order valence-electron chi connectivity index (χ2n) is 6.01. The Morgan fingerprint density at radius 2 is 1.78 bits per heavy atom. The average Bonchev–Trinajstić information content (AvgIpc) is 3.12. The summed E-state index contributed by atoms with van der Waals surface area (Å²) in [6.45, 7) is 3.47. The number of nitrogens with one attached hydrogen (secondary N) is 2. The van der Waals surface area contributed by atoms with Gasteiger partial charge in [0.15, 0.2) is 5.76 Å². The van der Waals surface area contributed by atoms with E-state index in [0.717, 1.165) is 0 Å². The molecule has 1 unspecified atom stereocenters. The minimum atomic E-state index is -3.79. The van der Waals surface area contributed by atoms with Crippen molar-refractivity contribution in [2.24, 2.45) is 0 Å². The summed E-state index contributed by atoms with van der Waals surface area (Å²) in [5.74, 6) is -1.28. The third-order valence-corrected chi connectivity index (χ3v) is 4.87. The SMILES string of the molecule is CNS(=O)(=O)c1ccc(C(=O)NC(CC(=O)OC(C)C)c2ccccc2)o1. The Morgan fingerprint density at radius 1 is 1.11 bits per heavy atom. The van der Waals surface area contributed by atoms with E-state index in [0.29, 0.717) is 5.56 Å². The first-order chi connectivity index (χ1) is 12.7. The van der Waals surface area contributed by atoms with E-state index < -0.39 is 27.9 Å². The molecule has 0 bridgehead atoms. The first-order valence-electron chi connectivity index (χ1n) is 8.31. The van der Waals surface area contributed by atoms with Crippen molar-refractivity contribution < 1.29 is 27.2 Å². The van der Waals surface area contributed by atoms with E-state index in [2.05, 4.69) is 10.0 Å². The van der Waals surface area contributed by atoms with Crippen LogP contribution in [0, 0.1) is 0 Å². The maximum atomic E-state index is 12.5. The topological polar surface area (TPSA) is 115 Å². The Bertz CT molecular complexity index is 890. The number of furan rings is 1. The molecule has 1 amide bonds. The zero-order chi connectivity index (χ0) is 20.0. The van der Waals surface area contributed by atoms with Crippen LogP contribution in [0.3, 0.4) is 0 Å². The summed E-state index contributed by atoms with van der Waals surface area (Å²) in [4.78, 5) is 24.5. The number of hydrogen-bond acceptors (Lipinski definition) is 6. The summed E-state index contributed by atoms with van der Waals surface area (Å²) in [5.41, 5.74) is 0.709. The predicted octanol–water partition coefficient (Wildman–Crippen LogP) is 2.00. The number of carbonyl (C=O) groups is 2. The highest BCUT2D eigenvalue weighted by Gasteiger charge is 2.24. The van der Waals surface area contributed by atoms with Crippen molar-refractivity contribution in [2.75, 3.05) is 7.05 Å². The molecular weight excluding hydrogens is 372 g/mol. The fourth-order valence-corrected chi connectivity index (χ4v) is 2.98. The van der Waals surface area contributed by atoms with Crippen LogP contribution in [-0.2, 0) is 19.6 Å². The van der Waals surface area contributed by atoms with Crippen LogP contribution in [0.5, 0.6) is 0 Å². The number of hydrogen-bond donors (Lipinski definition) is 2. The van der Waals surface area contributed by atoms with Crippen molar-refractivity contribution in [3.63, 3.8) is 0 Å². The van der Waals surface area contributed by atoms with Gasteiger partial charge in [-0.05, 0) is 38.6 Å². The molecule has 0 radical (unpaired) electrons. The van der Waals surface area contributed by atoms with Gasteiger partial charge in [-0.25, -0.2) is 13.1 Å². The summed E-state index contributed by atoms with van der Waals surface area (Å²) < 4.78 is 35.8. The van der Waals surface area contributed by atoms with E-state index in [4.69, 9.17) is 9.15 Å². The van der Waals surface area contributed by atoms with E-state index in [1.165, 1.54) is 19.2 Å². The van der Waals surface area contributed by atoms with Gasteiger partial charge < -0.3 is 14.5 Å². The van der Waals surface area contributed by atoms with Crippen LogP contribution in [0.15, 0.2) is 52.0 Å². The third-order valence-electron chi connectivity index (χ3n) is 3.58. The molecule has 8 nitrogen and oxygen atoms in total. The Morgan fingerprint density at radius 3 is 2.37 bits per heavy atom. The number of benzene rings is 1. The monoisotopic (exact) mass is 394 g/mol. The molecule has 0 aliphatic heterocycles. The Hall–Kier alpha value is -2.65. The quantitative estimate of drug-likeness (QED) is 0.662. The molecule has 0 saturated carbocycles. The minimum absolute atomic E-state index is 0.0731. The summed E-state index contributed by atoms with van der Waals surface area (Å²) >= 11 is 0. The van der Waals surface area contributed by atoms with Crippen LogP contribution in [0.2, 0.25) is 0 Å². The standard InChI is InChI=1S/C18H22N2O6S/c1-12(2)25-16(21)11-14(13-7-5-4-6-8-13)20-18(22)15-9-10-17(26-15)27(23,24)19-3/h4-10,12,14,19H,11H2,1-3H3,(H,20,22). The Labute approximate surface area is 157 Å². The Balaban J connectivity index is 2.19. The van der Waals surface area contributed by atoms with Gasteiger partial charge >= 0.3 is 5.97 Å². The van der Waals surface area contributed by atoms with Crippen LogP contribution >= 0.6 is 0 Å². The lowest BCUT2D eigenvalue weighted by Crippen LogP contribution is -2.31. The van der Waals surface area contributed by atoms with Crippen LogP contribution in [0.1, 0.15) is 42.4 Å². The molecule has 1 heterocycles. The fourth-order valence-electron chi connectivity index (χ4n) is 2.33. The summed E-state index contributed by atoms with van der Waals surface area (Å²) in [6, 6.07) is 10.7. The van der Waals surface area contributed by atoms with Gasteiger partial charge in [-0.2, -0.15) is 0 Å². The third kappa shape index (κ3) is 5.66. The van der Waals surface area contributed by atoms with E-state index in [1.807, 2.05) is 6.07 Å². The van der Waals surface area contributed by atoms with Crippen LogP contribution in [0.25, 0.3) is 0 Å². The van der Waals surface area contributed by atoms with Gasteiger partial charge in [0.2, 0.25) is 5.09 Å². The largest absolute Gasteiger partial charge is 0.463 e. The van der Waals surface area contributed by atoms with Crippen molar-refractivity contribution in [3.8, 4) is 0 Å². The zero-order valence-corrected chi connectivity index (χ0v) is 16.1. The fraction of sp³-hybridized carbons (Fsp3) is 0.333. The highest BCUT2D eigenvalue weighted by Crippen LogP contribution is 2.20. The van der Waals surface area contributed by atoms with E-state index in [-0.39, 0.29) is 23.4 Å². The summed E-state index contributed by atoms with van der Waals surface area (Å²) in [5, 5.41) is 2.32. The van der Waals surface area contributed by atoms with Crippen molar-refractivity contribution in [1.29, 1.82) is 0 Å². The van der Waals surface area contributed by atoms with Gasteiger partial charge in [0.25, 0.3) is 15.9 Å². The first kappa shape index (κ1) is 20.7. The molecule has 0 spiro atoms. The van der Waals surface area contributed by atoms with Gasteiger partial charge in [-0.3, -0.25) is 9.59 Å². The molecule has 0 aliphatic rings. The van der Waals surface area contributed by atoms with Gasteiger partial charge in [0, 0.05) is 0 Å². The molecule has 1 atom stereocenters. The normalized spacial score (nSPS) is 12.6. The molecule has 2 rings (SSSR count). The minimum Gasteiger partial charge on any atom is -0.463 e. The number of carbonyl (C=O) groups excluding carboxylic acids is 2. The van der Waals surface area contributed by atoms with E-state index in [1.54, 1.807) is 38.1 Å². The summed E-state index contributed by atoms with van der Waals surface area (Å²) in [6.07, 6.45) is -0.347. The molecule has 0 fully saturated rings. The molecule has 2 aromatic rings. The lowest BCUT2D eigenvalue weighted by molar-refractivity contribution is -0.147. The van der Waals surface area contributed by atoms with Gasteiger partial charge in [0.1, 0.15) is 0 Å². The molecule has 146 valence electrons.